The molecule has 0 bridgehead atoms. The fourth-order valence-electron chi connectivity index (χ4n) is 1.35. The highest BCUT2D eigenvalue weighted by Gasteiger charge is 2.17. The molecule has 0 saturated heterocycles. The molecule has 0 heterocycles. The predicted octanol–water partition coefficient (Wildman–Crippen LogP) is 2.93. The monoisotopic (exact) mass is 261 g/mol. The van der Waals surface area contributed by atoms with E-state index in [0.29, 0.717) is 6.42 Å². The van der Waals surface area contributed by atoms with E-state index in [0.717, 1.165) is 25.7 Å². The van der Waals surface area contributed by atoms with Crippen LogP contribution in [0.2, 0.25) is 0 Å². The van der Waals surface area contributed by atoms with Crippen LogP contribution in [0.15, 0.2) is 0 Å². The van der Waals surface area contributed by atoms with Crippen LogP contribution in [-0.2, 0) is 4.79 Å². The molecule has 0 atom stereocenters. The Hall–Kier alpha value is -0.610. The predicted molar refractivity (Wildman–Crippen MR) is 75.6 cm³/mol. The van der Waals surface area contributed by atoms with Gasteiger partial charge in [-0.25, -0.2) is 0 Å². The van der Waals surface area contributed by atoms with E-state index >= 15 is 0 Å². The van der Waals surface area contributed by atoms with E-state index in [1.165, 1.54) is 19.3 Å². The molecule has 18 heavy (non-hydrogen) atoms. The molecule has 0 rings (SSSR count). The molecule has 0 aromatic heterocycles. The van der Waals surface area contributed by atoms with E-state index in [9.17, 15) is 4.79 Å². The topological polar surface area (TPSA) is 83.5 Å². The van der Waals surface area contributed by atoms with Crippen molar-refractivity contribution in [3.63, 3.8) is 0 Å². The van der Waals surface area contributed by atoms with Gasteiger partial charge < -0.3 is 15.9 Å². The van der Waals surface area contributed by atoms with Gasteiger partial charge in [-0.1, -0.05) is 46.5 Å². The molecular formula is C14H31NO3. The van der Waals surface area contributed by atoms with Crippen LogP contribution in [0.4, 0.5) is 0 Å². The lowest BCUT2D eigenvalue weighted by atomic mass is 9.96. The van der Waals surface area contributed by atoms with Gasteiger partial charge in [-0.05, 0) is 19.3 Å². The number of aliphatic hydroxyl groups excluding tert-OH is 1. The van der Waals surface area contributed by atoms with Gasteiger partial charge in [-0.2, -0.15) is 0 Å². The summed E-state index contributed by atoms with van der Waals surface area (Å²) in [5, 5.41) is 16.9. The molecule has 110 valence electrons. The van der Waals surface area contributed by atoms with Crippen molar-refractivity contribution in [3.8, 4) is 0 Å². The quantitative estimate of drug-likeness (QED) is 0.557. The summed E-state index contributed by atoms with van der Waals surface area (Å²) in [7, 11) is 0. The van der Waals surface area contributed by atoms with E-state index in [-0.39, 0.29) is 12.1 Å². The Morgan fingerprint density at radius 1 is 1.06 bits per heavy atom. The van der Waals surface area contributed by atoms with Crippen LogP contribution >= 0.6 is 0 Å². The summed E-state index contributed by atoms with van der Waals surface area (Å²) in [6, 6.07) is 0. The summed E-state index contributed by atoms with van der Waals surface area (Å²) in [4.78, 5) is 10.0. The number of hydrogen-bond acceptors (Lipinski definition) is 3. The van der Waals surface area contributed by atoms with Crippen LogP contribution in [0.5, 0.6) is 0 Å². The highest BCUT2D eigenvalue weighted by molar-refractivity contribution is 5.66. The molecule has 0 aliphatic heterocycles. The lowest BCUT2D eigenvalue weighted by Crippen LogP contribution is -2.42. The Labute approximate surface area is 112 Å². The first-order valence-electron chi connectivity index (χ1n) is 7.07. The standard InChI is InChI=1S/C8H16O2.C6H15NO/c1-2-3-4-5-6-7-8(9)10;1-3-6(7,4-2)5-8/h2-7H2,1H3,(H,9,10);8H,3-5,7H2,1-2H3. The van der Waals surface area contributed by atoms with E-state index in [1.807, 2.05) is 13.8 Å². The number of unbranched alkanes of at least 4 members (excludes halogenated alkanes) is 4. The number of carboxylic acids is 1. The molecule has 4 nitrogen and oxygen atoms in total. The molecular weight excluding hydrogens is 230 g/mol. The van der Waals surface area contributed by atoms with Crippen molar-refractivity contribution < 1.29 is 15.0 Å². The highest BCUT2D eigenvalue weighted by atomic mass is 16.4. The van der Waals surface area contributed by atoms with E-state index in [4.69, 9.17) is 15.9 Å². The number of nitrogens with two attached hydrogens (primary N) is 1. The summed E-state index contributed by atoms with van der Waals surface area (Å²) < 4.78 is 0. The Morgan fingerprint density at radius 3 is 1.83 bits per heavy atom. The van der Waals surface area contributed by atoms with Gasteiger partial charge >= 0.3 is 5.97 Å². The maximum Gasteiger partial charge on any atom is 0.303 e. The Morgan fingerprint density at radius 2 is 1.56 bits per heavy atom. The minimum atomic E-state index is -0.670. The second kappa shape index (κ2) is 12.8. The molecule has 4 N–H and O–H groups in total. The van der Waals surface area contributed by atoms with E-state index in [1.54, 1.807) is 0 Å². The summed E-state index contributed by atoms with van der Waals surface area (Å²) in [6.07, 6.45) is 7.58. The SMILES string of the molecule is CCC(N)(CC)CO.CCCCCCCC(=O)O. The number of carbonyl (C=O) groups is 1. The van der Waals surface area contributed by atoms with Crippen molar-refractivity contribution in [2.24, 2.45) is 5.73 Å². The summed E-state index contributed by atoms with van der Waals surface area (Å²) >= 11 is 0. The minimum Gasteiger partial charge on any atom is -0.481 e. The molecule has 0 aliphatic rings. The zero-order valence-electron chi connectivity index (χ0n) is 12.2. The van der Waals surface area contributed by atoms with Crippen LogP contribution < -0.4 is 5.73 Å². The van der Waals surface area contributed by atoms with E-state index < -0.39 is 5.97 Å². The van der Waals surface area contributed by atoms with Crippen LogP contribution in [0.3, 0.4) is 0 Å². The Kier molecular flexibility index (Phi) is 14.1. The smallest absolute Gasteiger partial charge is 0.303 e. The largest absolute Gasteiger partial charge is 0.481 e. The van der Waals surface area contributed by atoms with Gasteiger partial charge in [0.2, 0.25) is 0 Å². The molecule has 4 heteroatoms. The molecule has 0 spiro atoms. The van der Waals surface area contributed by atoms with Gasteiger partial charge in [0.25, 0.3) is 0 Å². The number of aliphatic carboxylic acids is 1. The number of carboxylic acid groups (broad SMARTS) is 1. The van der Waals surface area contributed by atoms with E-state index in [2.05, 4.69) is 6.92 Å². The minimum absolute atomic E-state index is 0.0972. The fraction of sp³-hybridized carbons (Fsp3) is 0.929. The first-order valence-corrected chi connectivity index (χ1v) is 7.07. The first-order chi connectivity index (χ1) is 8.45. The molecule has 0 saturated carbocycles. The molecule has 0 unspecified atom stereocenters. The Bertz CT molecular complexity index is 183. The lowest BCUT2D eigenvalue weighted by molar-refractivity contribution is -0.137. The molecule has 0 aromatic carbocycles. The highest BCUT2D eigenvalue weighted by Crippen LogP contribution is 2.08. The van der Waals surface area contributed by atoms with Crippen molar-refractivity contribution >= 4 is 5.97 Å². The number of rotatable bonds is 9. The van der Waals surface area contributed by atoms with Crippen molar-refractivity contribution in [2.45, 2.75) is 77.7 Å². The molecule has 0 aromatic rings. The van der Waals surface area contributed by atoms with Crippen molar-refractivity contribution in [1.82, 2.24) is 0 Å². The van der Waals surface area contributed by atoms with Gasteiger partial charge in [0.05, 0.1) is 6.61 Å². The Balaban J connectivity index is 0. The third-order valence-corrected chi connectivity index (χ3v) is 3.22. The van der Waals surface area contributed by atoms with Crippen LogP contribution in [-0.4, -0.2) is 28.3 Å². The molecule has 0 radical (unpaired) electrons. The van der Waals surface area contributed by atoms with Gasteiger partial charge in [-0.3, -0.25) is 4.79 Å². The normalized spacial score (nSPS) is 10.7. The van der Waals surface area contributed by atoms with Crippen LogP contribution in [0.1, 0.15) is 72.1 Å². The zero-order valence-corrected chi connectivity index (χ0v) is 12.2. The lowest BCUT2D eigenvalue weighted by Gasteiger charge is -2.22. The number of aliphatic hydroxyl groups is 1. The maximum absolute atomic E-state index is 10.0. The van der Waals surface area contributed by atoms with Gasteiger partial charge in [0.15, 0.2) is 0 Å². The van der Waals surface area contributed by atoms with Crippen molar-refractivity contribution in [2.75, 3.05) is 6.61 Å². The first kappa shape index (κ1) is 19.7. The summed E-state index contributed by atoms with van der Waals surface area (Å²) in [5.74, 6) is -0.670. The third-order valence-electron chi connectivity index (χ3n) is 3.22. The molecule has 0 fully saturated rings. The maximum atomic E-state index is 10.0. The van der Waals surface area contributed by atoms with Crippen molar-refractivity contribution in [1.29, 1.82) is 0 Å². The zero-order chi connectivity index (χ0) is 14.4. The summed E-state index contributed by atoms with van der Waals surface area (Å²) in [5.41, 5.74) is 5.33. The van der Waals surface area contributed by atoms with Gasteiger partial charge in [0.1, 0.15) is 0 Å². The summed E-state index contributed by atoms with van der Waals surface area (Å²) in [6.45, 7) is 6.22. The average molecular weight is 261 g/mol. The third kappa shape index (κ3) is 13.5. The number of hydrogen-bond donors (Lipinski definition) is 3. The fourth-order valence-corrected chi connectivity index (χ4v) is 1.35. The van der Waals surface area contributed by atoms with Gasteiger partial charge in [-0.15, -0.1) is 0 Å². The van der Waals surface area contributed by atoms with Crippen LogP contribution in [0.25, 0.3) is 0 Å². The molecule has 0 aliphatic carbocycles. The average Bonchev–Trinajstić information content (AvgIpc) is 2.38. The second-order valence-corrected chi connectivity index (χ2v) is 4.79. The van der Waals surface area contributed by atoms with Crippen LogP contribution in [0, 0.1) is 0 Å². The van der Waals surface area contributed by atoms with Gasteiger partial charge in [0, 0.05) is 12.0 Å². The second-order valence-electron chi connectivity index (χ2n) is 4.79. The van der Waals surface area contributed by atoms with Crippen molar-refractivity contribution in [3.05, 3.63) is 0 Å². The molecule has 0 amide bonds.